The SMILES string of the molecule is CCN(C(=O)CCNS(=O)(=O)c1cc(C)ccc1C)c1ccccc1. The van der Waals surface area contributed by atoms with Gasteiger partial charge in [0.25, 0.3) is 0 Å². The molecular weight excluding hydrogens is 336 g/mol. The minimum Gasteiger partial charge on any atom is -0.313 e. The average Bonchev–Trinajstić information content (AvgIpc) is 2.58. The van der Waals surface area contributed by atoms with Crippen LogP contribution in [-0.4, -0.2) is 27.4 Å². The van der Waals surface area contributed by atoms with Crippen LogP contribution in [0.1, 0.15) is 24.5 Å². The number of benzene rings is 2. The maximum atomic E-state index is 12.5. The van der Waals surface area contributed by atoms with E-state index in [0.717, 1.165) is 11.3 Å². The molecule has 1 amide bonds. The molecule has 0 saturated carbocycles. The summed E-state index contributed by atoms with van der Waals surface area (Å²) < 4.78 is 27.4. The zero-order chi connectivity index (χ0) is 18.4. The van der Waals surface area contributed by atoms with Gasteiger partial charge in [0.05, 0.1) is 4.90 Å². The fraction of sp³-hybridized carbons (Fsp3) is 0.316. The third-order valence-electron chi connectivity index (χ3n) is 3.95. The first-order valence-corrected chi connectivity index (χ1v) is 9.76. The van der Waals surface area contributed by atoms with Gasteiger partial charge < -0.3 is 4.90 Å². The molecule has 0 aliphatic rings. The number of anilines is 1. The molecule has 2 aromatic rings. The fourth-order valence-electron chi connectivity index (χ4n) is 2.61. The first kappa shape index (κ1) is 19.1. The van der Waals surface area contributed by atoms with E-state index in [0.29, 0.717) is 12.1 Å². The molecule has 2 rings (SSSR count). The Hall–Kier alpha value is -2.18. The topological polar surface area (TPSA) is 66.5 Å². The Kier molecular flexibility index (Phi) is 6.33. The van der Waals surface area contributed by atoms with Crippen LogP contribution in [0.25, 0.3) is 0 Å². The molecule has 6 heteroatoms. The summed E-state index contributed by atoms with van der Waals surface area (Å²) in [5, 5.41) is 0. The number of amides is 1. The zero-order valence-corrected chi connectivity index (χ0v) is 15.6. The lowest BCUT2D eigenvalue weighted by Crippen LogP contribution is -2.34. The summed E-state index contributed by atoms with van der Waals surface area (Å²) in [5.41, 5.74) is 2.37. The highest BCUT2D eigenvalue weighted by Gasteiger charge is 2.18. The van der Waals surface area contributed by atoms with Gasteiger partial charge in [0.15, 0.2) is 0 Å². The summed E-state index contributed by atoms with van der Waals surface area (Å²) in [6, 6.07) is 14.6. The lowest BCUT2D eigenvalue weighted by atomic mass is 10.2. The van der Waals surface area contributed by atoms with Gasteiger partial charge in [-0.2, -0.15) is 0 Å². The average molecular weight is 360 g/mol. The number of hydrogen-bond acceptors (Lipinski definition) is 3. The number of para-hydroxylation sites is 1. The number of carbonyl (C=O) groups is 1. The van der Waals surface area contributed by atoms with Crippen LogP contribution in [0.2, 0.25) is 0 Å². The van der Waals surface area contributed by atoms with Crippen LogP contribution in [0, 0.1) is 13.8 Å². The van der Waals surface area contributed by atoms with Crippen LogP contribution in [0.4, 0.5) is 5.69 Å². The van der Waals surface area contributed by atoms with E-state index >= 15 is 0 Å². The van der Waals surface area contributed by atoms with Crippen molar-refractivity contribution in [3.05, 3.63) is 59.7 Å². The smallest absolute Gasteiger partial charge is 0.240 e. The third kappa shape index (κ3) is 4.90. The quantitative estimate of drug-likeness (QED) is 0.825. The number of hydrogen-bond donors (Lipinski definition) is 1. The summed E-state index contributed by atoms with van der Waals surface area (Å²) in [6.45, 7) is 6.10. The molecule has 0 saturated heterocycles. The molecule has 134 valence electrons. The molecule has 0 bridgehead atoms. The maximum absolute atomic E-state index is 12.5. The van der Waals surface area contributed by atoms with Crippen molar-refractivity contribution in [2.45, 2.75) is 32.1 Å². The summed E-state index contributed by atoms with van der Waals surface area (Å²) in [7, 11) is -3.63. The molecule has 0 aromatic heterocycles. The number of nitrogens with one attached hydrogen (secondary N) is 1. The lowest BCUT2D eigenvalue weighted by molar-refractivity contribution is -0.118. The van der Waals surface area contributed by atoms with Crippen molar-refractivity contribution >= 4 is 21.6 Å². The van der Waals surface area contributed by atoms with E-state index in [9.17, 15) is 13.2 Å². The van der Waals surface area contributed by atoms with E-state index in [-0.39, 0.29) is 23.8 Å². The van der Waals surface area contributed by atoms with Crippen molar-refractivity contribution in [2.75, 3.05) is 18.0 Å². The second-order valence-corrected chi connectivity index (χ2v) is 7.63. The Balaban J connectivity index is 2.01. The highest BCUT2D eigenvalue weighted by molar-refractivity contribution is 7.89. The van der Waals surface area contributed by atoms with Crippen LogP contribution in [0.15, 0.2) is 53.4 Å². The molecule has 0 unspecified atom stereocenters. The van der Waals surface area contributed by atoms with Crippen LogP contribution in [0.5, 0.6) is 0 Å². The van der Waals surface area contributed by atoms with Gasteiger partial charge in [0.1, 0.15) is 0 Å². The minimum atomic E-state index is -3.63. The molecule has 0 spiro atoms. The molecule has 0 heterocycles. The first-order valence-electron chi connectivity index (χ1n) is 8.27. The molecule has 0 atom stereocenters. The van der Waals surface area contributed by atoms with Gasteiger partial charge >= 0.3 is 0 Å². The molecule has 0 fully saturated rings. The van der Waals surface area contributed by atoms with Crippen molar-refractivity contribution in [2.24, 2.45) is 0 Å². The molecule has 0 aliphatic heterocycles. The van der Waals surface area contributed by atoms with Crippen molar-refractivity contribution in [3.63, 3.8) is 0 Å². The van der Waals surface area contributed by atoms with E-state index in [1.807, 2.05) is 50.2 Å². The lowest BCUT2D eigenvalue weighted by Gasteiger charge is -2.21. The monoisotopic (exact) mass is 360 g/mol. The van der Waals surface area contributed by atoms with Crippen molar-refractivity contribution in [3.8, 4) is 0 Å². The molecule has 1 N–H and O–H groups in total. The fourth-order valence-corrected chi connectivity index (χ4v) is 3.97. The largest absolute Gasteiger partial charge is 0.313 e. The van der Waals surface area contributed by atoms with Gasteiger partial charge in [0.2, 0.25) is 15.9 Å². The predicted molar refractivity (Wildman–Crippen MR) is 100 cm³/mol. The van der Waals surface area contributed by atoms with Crippen molar-refractivity contribution in [1.29, 1.82) is 0 Å². The molecule has 2 aromatic carbocycles. The highest BCUT2D eigenvalue weighted by atomic mass is 32.2. The molecule has 5 nitrogen and oxygen atoms in total. The first-order chi connectivity index (χ1) is 11.8. The summed E-state index contributed by atoms with van der Waals surface area (Å²) in [5.74, 6) is -0.114. The Morgan fingerprint density at radius 3 is 2.40 bits per heavy atom. The highest BCUT2D eigenvalue weighted by Crippen LogP contribution is 2.17. The van der Waals surface area contributed by atoms with E-state index in [4.69, 9.17) is 0 Å². The molecule has 25 heavy (non-hydrogen) atoms. The van der Waals surface area contributed by atoms with Crippen molar-refractivity contribution in [1.82, 2.24) is 4.72 Å². The molecule has 0 aliphatic carbocycles. The minimum absolute atomic E-state index is 0.0673. The van der Waals surface area contributed by atoms with Gasteiger partial charge in [-0.25, -0.2) is 13.1 Å². The van der Waals surface area contributed by atoms with E-state index in [2.05, 4.69) is 4.72 Å². The Labute approximate surface area is 149 Å². The molecular formula is C19H24N2O3S. The van der Waals surface area contributed by atoms with E-state index in [1.165, 1.54) is 0 Å². The predicted octanol–water partition coefficient (Wildman–Crippen LogP) is 3.02. The number of aryl methyl sites for hydroxylation is 2. The number of carbonyl (C=O) groups excluding carboxylic acids is 1. The number of sulfonamides is 1. The summed E-state index contributed by atoms with van der Waals surface area (Å²) >= 11 is 0. The van der Waals surface area contributed by atoms with Crippen molar-refractivity contribution < 1.29 is 13.2 Å². The number of rotatable bonds is 7. The maximum Gasteiger partial charge on any atom is 0.240 e. The van der Waals surface area contributed by atoms with E-state index in [1.54, 1.807) is 24.0 Å². The second-order valence-electron chi connectivity index (χ2n) is 5.89. The Bertz CT molecular complexity index is 833. The van der Waals surface area contributed by atoms with Gasteiger partial charge in [-0.05, 0) is 50.1 Å². The van der Waals surface area contributed by atoms with Crippen LogP contribution >= 0.6 is 0 Å². The summed E-state index contributed by atoms with van der Waals surface area (Å²) in [6.07, 6.45) is 0.104. The second kappa shape index (κ2) is 8.27. The van der Waals surface area contributed by atoms with Gasteiger partial charge in [-0.15, -0.1) is 0 Å². The summed E-state index contributed by atoms with van der Waals surface area (Å²) in [4.78, 5) is 14.3. The standard InChI is InChI=1S/C19H24N2O3S/c1-4-21(17-8-6-5-7-9-17)19(22)12-13-20-25(23,24)18-14-15(2)10-11-16(18)3/h5-11,14,20H,4,12-13H2,1-3H3. The Morgan fingerprint density at radius 2 is 1.76 bits per heavy atom. The van der Waals surface area contributed by atoms with Crippen LogP contribution in [0.3, 0.4) is 0 Å². The zero-order valence-electron chi connectivity index (χ0n) is 14.8. The van der Waals surface area contributed by atoms with Crippen LogP contribution < -0.4 is 9.62 Å². The third-order valence-corrected chi connectivity index (χ3v) is 5.55. The number of nitrogens with zero attached hydrogens (tertiary/aromatic N) is 1. The van der Waals surface area contributed by atoms with Gasteiger partial charge in [-0.1, -0.05) is 30.3 Å². The normalized spacial score (nSPS) is 11.3. The van der Waals surface area contributed by atoms with E-state index < -0.39 is 10.0 Å². The van der Waals surface area contributed by atoms with Crippen LogP contribution in [-0.2, 0) is 14.8 Å². The molecule has 0 radical (unpaired) electrons. The van der Waals surface area contributed by atoms with Gasteiger partial charge in [-0.3, -0.25) is 4.79 Å². The van der Waals surface area contributed by atoms with Gasteiger partial charge in [0, 0.05) is 25.2 Å². The Morgan fingerprint density at radius 1 is 1.08 bits per heavy atom.